The predicted octanol–water partition coefficient (Wildman–Crippen LogP) is 3.67. The molecular formula is C27H25FN4O3. The summed E-state index contributed by atoms with van der Waals surface area (Å²) in [6.45, 7) is 3.90. The minimum absolute atomic E-state index is 0.175. The average Bonchev–Trinajstić information content (AvgIpc) is 3.70. The van der Waals surface area contributed by atoms with Gasteiger partial charge in [-0.1, -0.05) is 6.07 Å². The molecule has 178 valence electrons. The van der Waals surface area contributed by atoms with E-state index in [4.69, 9.17) is 9.47 Å². The first-order chi connectivity index (χ1) is 17.2. The van der Waals surface area contributed by atoms with E-state index < -0.39 is 11.7 Å². The molecule has 2 aromatic carbocycles. The summed E-state index contributed by atoms with van der Waals surface area (Å²) in [5.74, 6) is -0.174. The molecule has 3 aliphatic rings. The topological polar surface area (TPSA) is 67.6 Å². The Hall–Kier alpha value is -3.78. The van der Waals surface area contributed by atoms with Crippen LogP contribution in [0.2, 0.25) is 0 Å². The number of benzene rings is 2. The summed E-state index contributed by atoms with van der Waals surface area (Å²) in [5, 5.41) is 0.756. The number of aromatic nitrogens is 2. The Morgan fingerprint density at radius 2 is 2.03 bits per heavy atom. The molecule has 2 atom stereocenters. The van der Waals surface area contributed by atoms with E-state index in [1.807, 2.05) is 30.5 Å². The molecule has 0 radical (unpaired) electrons. The van der Waals surface area contributed by atoms with Gasteiger partial charge >= 0.3 is 0 Å². The molecule has 6 rings (SSSR count). The van der Waals surface area contributed by atoms with Crippen molar-refractivity contribution < 1.29 is 18.7 Å². The molecule has 2 saturated heterocycles. The molecule has 2 fully saturated rings. The first kappa shape index (κ1) is 21.7. The Labute approximate surface area is 202 Å². The predicted molar refractivity (Wildman–Crippen MR) is 130 cm³/mol. The van der Waals surface area contributed by atoms with Gasteiger partial charge in [0.15, 0.2) is 0 Å². The van der Waals surface area contributed by atoms with E-state index in [2.05, 4.69) is 19.8 Å². The van der Waals surface area contributed by atoms with Crippen molar-refractivity contribution in [2.75, 3.05) is 44.9 Å². The number of aldehydes is 1. The zero-order valence-corrected chi connectivity index (χ0v) is 19.4. The molecule has 0 saturated carbocycles. The van der Waals surface area contributed by atoms with E-state index in [1.165, 1.54) is 12.4 Å². The number of fused-ring (bicyclic) bond motifs is 2. The molecule has 4 heterocycles. The highest BCUT2D eigenvalue weighted by molar-refractivity contribution is 5.94. The molecule has 2 unspecified atom stereocenters. The molecule has 0 amide bonds. The standard InChI is InChI=1S/C27H25FN4O3/c1-34-27-19(6-7-32-14-25(27)32)22(15-33)17-2-5-23(28)21(12-17)26-20-4-3-18(13-24(20)29-16-30-26)31-8-10-35-11-9-31/h2-7,12-13,15-16,22,25H,8-11,14H2,1H3. The minimum Gasteiger partial charge on any atom is -0.499 e. The van der Waals surface area contributed by atoms with Crippen molar-refractivity contribution >= 4 is 22.9 Å². The van der Waals surface area contributed by atoms with E-state index in [0.29, 0.717) is 30.0 Å². The SMILES string of the molecule is COC1=C(C(C=O)c2ccc(F)c(-c3ncnc4cc(N5CCOCC5)ccc34)c2)C=CN2CC12. The number of hydrogen-bond acceptors (Lipinski definition) is 7. The molecule has 0 spiro atoms. The second-order valence-electron chi connectivity index (χ2n) is 8.93. The molecule has 1 aromatic heterocycles. The number of methoxy groups -OCH3 is 1. The van der Waals surface area contributed by atoms with Gasteiger partial charge in [0, 0.05) is 48.0 Å². The third-order valence-electron chi connectivity index (χ3n) is 6.98. The lowest BCUT2D eigenvalue weighted by molar-refractivity contribution is -0.108. The molecule has 3 aromatic rings. The van der Waals surface area contributed by atoms with Gasteiger partial charge in [0.05, 0.1) is 37.5 Å². The van der Waals surface area contributed by atoms with Gasteiger partial charge < -0.3 is 24.1 Å². The number of nitrogens with zero attached hydrogens (tertiary/aromatic N) is 4. The lowest BCUT2D eigenvalue weighted by atomic mass is 9.88. The number of allylic oxidation sites excluding steroid dienone is 2. The zero-order chi connectivity index (χ0) is 23.9. The summed E-state index contributed by atoms with van der Waals surface area (Å²) < 4.78 is 26.2. The lowest BCUT2D eigenvalue weighted by Crippen LogP contribution is -2.36. The molecule has 35 heavy (non-hydrogen) atoms. The van der Waals surface area contributed by atoms with E-state index in [1.54, 1.807) is 19.2 Å². The van der Waals surface area contributed by atoms with E-state index in [9.17, 15) is 4.79 Å². The van der Waals surface area contributed by atoms with E-state index in [0.717, 1.165) is 53.8 Å². The molecule has 0 N–H and O–H groups in total. The highest BCUT2D eigenvalue weighted by Gasteiger charge is 2.41. The summed E-state index contributed by atoms with van der Waals surface area (Å²) in [6, 6.07) is 10.9. The van der Waals surface area contributed by atoms with Crippen molar-refractivity contribution in [3.05, 3.63) is 77.7 Å². The van der Waals surface area contributed by atoms with Crippen LogP contribution in [0.3, 0.4) is 0 Å². The molecular weight excluding hydrogens is 447 g/mol. The van der Waals surface area contributed by atoms with Crippen LogP contribution in [-0.4, -0.2) is 67.2 Å². The Balaban J connectivity index is 1.41. The lowest BCUT2D eigenvalue weighted by Gasteiger charge is -2.29. The van der Waals surface area contributed by atoms with Crippen LogP contribution in [-0.2, 0) is 14.3 Å². The minimum atomic E-state index is -0.565. The average molecular weight is 473 g/mol. The normalized spacial score (nSPS) is 20.1. The number of hydrogen-bond donors (Lipinski definition) is 0. The van der Waals surface area contributed by atoms with Gasteiger partial charge in [-0.05, 0) is 42.0 Å². The molecule has 3 aliphatic heterocycles. The Morgan fingerprint density at radius 3 is 2.83 bits per heavy atom. The summed E-state index contributed by atoms with van der Waals surface area (Å²) in [5.41, 5.74) is 4.13. The van der Waals surface area contributed by atoms with Gasteiger partial charge in [0.1, 0.15) is 30.2 Å². The van der Waals surface area contributed by atoms with Crippen LogP contribution < -0.4 is 4.90 Å². The fourth-order valence-electron chi connectivity index (χ4n) is 5.04. The van der Waals surface area contributed by atoms with Crippen LogP contribution in [0.15, 0.2) is 66.3 Å². The zero-order valence-electron chi connectivity index (χ0n) is 19.4. The number of halogens is 1. The first-order valence-corrected chi connectivity index (χ1v) is 11.7. The van der Waals surface area contributed by atoms with Gasteiger partial charge in [-0.25, -0.2) is 14.4 Å². The number of ether oxygens (including phenoxy) is 2. The second kappa shape index (κ2) is 8.78. The molecule has 0 bridgehead atoms. The Kier molecular flexibility index (Phi) is 5.45. The third-order valence-corrected chi connectivity index (χ3v) is 6.98. The second-order valence-corrected chi connectivity index (χ2v) is 8.93. The monoisotopic (exact) mass is 472 g/mol. The van der Waals surface area contributed by atoms with Crippen LogP contribution in [0, 0.1) is 5.82 Å². The maximum Gasteiger partial charge on any atom is 0.132 e. The largest absolute Gasteiger partial charge is 0.499 e. The van der Waals surface area contributed by atoms with Gasteiger partial charge in [-0.3, -0.25) is 0 Å². The summed E-state index contributed by atoms with van der Waals surface area (Å²) >= 11 is 0. The van der Waals surface area contributed by atoms with E-state index >= 15 is 4.39 Å². The summed E-state index contributed by atoms with van der Waals surface area (Å²) in [7, 11) is 1.63. The fraction of sp³-hybridized carbons (Fsp3) is 0.296. The smallest absolute Gasteiger partial charge is 0.132 e. The van der Waals surface area contributed by atoms with Crippen molar-refractivity contribution in [2.24, 2.45) is 0 Å². The Morgan fingerprint density at radius 1 is 1.17 bits per heavy atom. The quantitative estimate of drug-likeness (QED) is 0.401. The van der Waals surface area contributed by atoms with Crippen molar-refractivity contribution in [1.82, 2.24) is 14.9 Å². The number of morpholine rings is 1. The highest BCUT2D eigenvalue weighted by atomic mass is 19.1. The molecule has 7 nitrogen and oxygen atoms in total. The van der Waals surface area contributed by atoms with Gasteiger partial charge in [-0.2, -0.15) is 0 Å². The maximum absolute atomic E-state index is 15.1. The van der Waals surface area contributed by atoms with Crippen LogP contribution in [0.4, 0.5) is 10.1 Å². The van der Waals surface area contributed by atoms with Gasteiger partial charge in [0.25, 0.3) is 0 Å². The maximum atomic E-state index is 15.1. The van der Waals surface area contributed by atoms with Crippen molar-refractivity contribution in [1.29, 1.82) is 0 Å². The van der Waals surface area contributed by atoms with Crippen molar-refractivity contribution in [2.45, 2.75) is 12.0 Å². The number of carbonyl (C=O) groups is 1. The highest BCUT2D eigenvalue weighted by Crippen LogP contribution is 2.39. The summed E-state index contributed by atoms with van der Waals surface area (Å²) in [4.78, 5) is 25.5. The Bertz CT molecular complexity index is 1370. The molecule has 8 heteroatoms. The number of rotatable bonds is 6. The number of anilines is 1. The van der Waals surface area contributed by atoms with Crippen molar-refractivity contribution in [3.8, 4) is 11.3 Å². The van der Waals surface area contributed by atoms with E-state index in [-0.39, 0.29) is 6.04 Å². The first-order valence-electron chi connectivity index (χ1n) is 11.7. The van der Waals surface area contributed by atoms with Gasteiger partial charge in [-0.15, -0.1) is 0 Å². The van der Waals surface area contributed by atoms with Crippen molar-refractivity contribution in [3.63, 3.8) is 0 Å². The van der Waals surface area contributed by atoms with Gasteiger partial charge in [0.2, 0.25) is 0 Å². The van der Waals surface area contributed by atoms with Crippen LogP contribution in [0.5, 0.6) is 0 Å². The fourth-order valence-corrected chi connectivity index (χ4v) is 5.04. The van der Waals surface area contributed by atoms with Crippen LogP contribution in [0.1, 0.15) is 11.5 Å². The number of carbonyl (C=O) groups excluding carboxylic acids is 1. The van der Waals surface area contributed by atoms with Crippen LogP contribution in [0.25, 0.3) is 22.2 Å². The third kappa shape index (κ3) is 3.83. The molecule has 0 aliphatic carbocycles. The van der Waals surface area contributed by atoms with Crippen LogP contribution >= 0.6 is 0 Å². The summed E-state index contributed by atoms with van der Waals surface area (Å²) in [6.07, 6.45) is 6.24.